The van der Waals surface area contributed by atoms with Crippen LogP contribution in [0.25, 0.3) is 0 Å². The van der Waals surface area contributed by atoms with E-state index in [0.29, 0.717) is 0 Å². The minimum Gasteiger partial charge on any atom is -0.393 e. The van der Waals surface area contributed by atoms with Gasteiger partial charge in [-0.25, -0.2) is 8.78 Å². The van der Waals surface area contributed by atoms with E-state index in [1.807, 2.05) is 0 Å². The van der Waals surface area contributed by atoms with Gasteiger partial charge in [-0.3, -0.25) is 10.1 Å². The Labute approximate surface area is 102 Å². The molecule has 7 heteroatoms. The van der Waals surface area contributed by atoms with Gasteiger partial charge < -0.3 is 10.0 Å². The lowest BCUT2D eigenvalue weighted by Gasteiger charge is -2.20. The van der Waals surface area contributed by atoms with E-state index in [9.17, 15) is 18.9 Å². The van der Waals surface area contributed by atoms with Gasteiger partial charge in [-0.05, 0) is 12.1 Å². The molecular formula is C11H12F2N2O3. The predicted octanol–water partition coefficient (Wildman–Crippen LogP) is 1.64. The fraction of sp³-hybridized carbons (Fsp3) is 0.455. The molecule has 0 bridgehead atoms. The molecule has 0 spiro atoms. The average Bonchev–Trinajstić information content (AvgIpc) is 2.72. The lowest BCUT2D eigenvalue weighted by molar-refractivity contribution is -0.384. The van der Waals surface area contributed by atoms with Crippen LogP contribution in [0.15, 0.2) is 18.2 Å². The Morgan fingerprint density at radius 1 is 1.56 bits per heavy atom. The molecule has 0 aliphatic carbocycles. The Bertz CT molecular complexity index is 483. The molecule has 0 aromatic heterocycles. The molecule has 98 valence electrons. The summed E-state index contributed by atoms with van der Waals surface area (Å²) in [7, 11) is 0. The average molecular weight is 258 g/mol. The molecule has 1 fully saturated rings. The van der Waals surface area contributed by atoms with Gasteiger partial charge in [-0.1, -0.05) is 0 Å². The summed E-state index contributed by atoms with van der Waals surface area (Å²) in [6.07, 6.45) is 0.0953. The van der Waals surface area contributed by atoms with Crippen molar-refractivity contribution in [2.24, 2.45) is 0 Å². The van der Waals surface area contributed by atoms with Crippen LogP contribution >= 0.6 is 0 Å². The molecule has 0 saturated carbocycles. The first-order valence-electron chi connectivity index (χ1n) is 5.44. The van der Waals surface area contributed by atoms with Crippen molar-refractivity contribution >= 4 is 11.4 Å². The second kappa shape index (κ2) is 4.49. The molecular weight excluding hydrogens is 246 g/mol. The largest absolute Gasteiger partial charge is 0.393 e. The van der Waals surface area contributed by atoms with E-state index in [4.69, 9.17) is 5.11 Å². The van der Waals surface area contributed by atoms with Gasteiger partial charge in [-0.2, -0.15) is 0 Å². The first kappa shape index (κ1) is 12.7. The van der Waals surface area contributed by atoms with Crippen LogP contribution in [0.3, 0.4) is 0 Å². The second-order valence-electron chi connectivity index (χ2n) is 4.37. The van der Waals surface area contributed by atoms with Gasteiger partial charge in [0.1, 0.15) is 11.5 Å². The highest BCUT2D eigenvalue weighted by molar-refractivity contribution is 5.64. The van der Waals surface area contributed by atoms with E-state index < -0.39 is 28.7 Å². The van der Waals surface area contributed by atoms with Gasteiger partial charge in [-0.15, -0.1) is 0 Å². The third-order valence-electron chi connectivity index (χ3n) is 3.06. The molecule has 1 saturated heterocycles. The van der Waals surface area contributed by atoms with Crippen LogP contribution in [0.5, 0.6) is 0 Å². The van der Waals surface area contributed by atoms with Crippen molar-refractivity contribution in [2.75, 3.05) is 24.6 Å². The molecule has 1 aromatic rings. The number of nitro groups is 1. The Hall–Kier alpha value is -1.76. The minimum absolute atomic E-state index is 0.0953. The molecule has 1 unspecified atom stereocenters. The molecule has 1 heterocycles. The lowest BCUT2D eigenvalue weighted by Crippen LogP contribution is -2.32. The van der Waals surface area contributed by atoms with Crippen LogP contribution in [0.2, 0.25) is 0 Å². The van der Waals surface area contributed by atoms with Crippen LogP contribution in [0.4, 0.5) is 20.2 Å². The van der Waals surface area contributed by atoms with E-state index in [0.717, 1.165) is 12.1 Å². The maximum atomic E-state index is 13.9. The van der Waals surface area contributed by atoms with E-state index in [-0.39, 0.29) is 25.2 Å². The number of hydrogen-bond donors (Lipinski definition) is 1. The van der Waals surface area contributed by atoms with Gasteiger partial charge >= 0.3 is 0 Å². The number of alkyl halides is 1. The number of rotatable bonds is 3. The van der Waals surface area contributed by atoms with Crippen LogP contribution in [0.1, 0.15) is 6.42 Å². The van der Waals surface area contributed by atoms with Crippen molar-refractivity contribution in [2.45, 2.75) is 12.1 Å². The van der Waals surface area contributed by atoms with E-state index in [1.54, 1.807) is 0 Å². The first-order valence-corrected chi connectivity index (χ1v) is 5.44. The SMILES string of the molecule is O=[N+]([O-])c1cc(F)ccc1N1CCC(F)(CO)C1. The number of aliphatic hydroxyl groups is 1. The molecule has 2 rings (SSSR count). The zero-order valence-electron chi connectivity index (χ0n) is 9.47. The number of nitro benzene ring substituents is 1. The molecule has 1 N–H and O–H groups in total. The molecule has 1 aliphatic heterocycles. The highest BCUT2D eigenvalue weighted by Crippen LogP contribution is 2.35. The van der Waals surface area contributed by atoms with Crippen molar-refractivity contribution in [1.29, 1.82) is 0 Å². The second-order valence-corrected chi connectivity index (χ2v) is 4.37. The van der Waals surface area contributed by atoms with Gasteiger partial charge in [0.2, 0.25) is 0 Å². The van der Waals surface area contributed by atoms with Crippen molar-refractivity contribution in [1.82, 2.24) is 0 Å². The topological polar surface area (TPSA) is 66.6 Å². The molecule has 1 atom stereocenters. The molecule has 1 aromatic carbocycles. The summed E-state index contributed by atoms with van der Waals surface area (Å²) in [5.41, 5.74) is -1.96. The predicted molar refractivity (Wildman–Crippen MR) is 60.8 cm³/mol. The van der Waals surface area contributed by atoms with Gasteiger partial charge in [0, 0.05) is 13.0 Å². The van der Waals surface area contributed by atoms with E-state index >= 15 is 0 Å². The Morgan fingerprint density at radius 3 is 2.83 bits per heavy atom. The number of nitrogens with zero attached hydrogens (tertiary/aromatic N) is 2. The fourth-order valence-electron chi connectivity index (χ4n) is 2.08. The van der Waals surface area contributed by atoms with Crippen molar-refractivity contribution in [3.8, 4) is 0 Å². The number of halogens is 2. The summed E-state index contributed by atoms with van der Waals surface area (Å²) in [6, 6.07) is 3.17. The quantitative estimate of drug-likeness (QED) is 0.661. The van der Waals surface area contributed by atoms with Crippen molar-refractivity contribution < 1.29 is 18.8 Å². The number of hydrogen-bond acceptors (Lipinski definition) is 4. The molecule has 1 aliphatic rings. The molecule has 0 radical (unpaired) electrons. The van der Waals surface area contributed by atoms with Gasteiger partial charge in [0.05, 0.1) is 24.1 Å². The standard InChI is InChI=1S/C11H12F2N2O3/c12-8-1-2-9(10(5-8)15(17)18)14-4-3-11(13,6-14)7-16/h1-2,5,16H,3-4,6-7H2. The third-order valence-corrected chi connectivity index (χ3v) is 3.06. The van der Waals surface area contributed by atoms with Crippen molar-refractivity contribution in [3.05, 3.63) is 34.1 Å². The van der Waals surface area contributed by atoms with Gasteiger partial charge in [0.25, 0.3) is 5.69 Å². The zero-order chi connectivity index (χ0) is 13.3. The molecule has 18 heavy (non-hydrogen) atoms. The lowest BCUT2D eigenvalue weighted by atomic mass is 10.1. The fourth-order valence-corrected chi connectivity index (χ4v) is 2.08. The number of benzene rings is 1. The van der Waals surface area contributed by atoms with Crippen LogP contribution in [0, 0.1) is 15.9 Å². The smallest absolute Gasteiger partial charge is 0.295 e. The zero-order valence-corrected chi connectivity index (χ0v) is 9.47. The van der Waals surface area contributed by atoms with Gasteiger partial charge in [0.15, 0.2) is 5.67 Å². The summed E-state index contributed by atoms with van der Waals surface area (Å²) >= 11 is 0. The molecule has 0 amide bonds. The summed E-state index contributed by atoms with van der Waals surface area (Å²) in [5.74, 6) is -0.710. The highest BCUT2D eigenvalue weighted by atomic mass is 19.1. The summed E-state index contributed by atoms with van der Waals surface area (Å²) in [6.45, 7) is -0.502. The maximum absolute atomic E-state index is 13.9. The Morgan fingerprint density at radius 2 is 2.28 bits per heavy atom. The van der Waals surface area contributed by atoms with Crippen LogP contribution in [-0.2, 0) is 0 Å². The van der Waals surface area contributed by atoms with E-state index in [1.165, 1.54) is 11.0 Å². The Balaban J connectivity index is 2.32. The van der Waals surface area contributed by atoms with E-state index in [2.05, 4.69) is 0 Å². The van der Waals surface area contributed by atoms with Crippen LogP contribution < -0.4 is 4.90 Å². The molecule has 5 nitrogen and oxygen atoms in total. The highest BCUT2D eigenvalue weighted by Gasteiger charge is 2.39. The van der Waals surface area contributed by atoms with Crippen LogP contribution in [-0.4, -0.2) is 35.4 Å². The normalized spacial score (nSPS) is 23.4. The maximum Gasteiger partial charge on any atom is 0.295 e. The van der Waals surface area contributed by atoms with Crippen molar-refractivity contribution in [3.63, 3.8) is 0 Å². The monoisotopic (exact) mass is 258 g/mol. The summed E-state index contributed by atoms with van der Waals surface area (Å²) in [5, 5.41) is 19.7. The minimum atomic E-state index is -1.75. The summed E-state index contributed by atoms with van der Waals surface area (Å²) < 4.78 is 26.8. The number of anilines is 1. The third kappa shape index (κ3) is 2.26. The Kier molecular flexibility index (Phi) is 3.16. The number of aliphatic hydroxyl groups excluding tert-OH is 1. The first-order chi connectivity index (χ1) is 8.45. The summed E-state index contributed by atoms with van der Waals surface area (Å²) in [4.78, 5) is 11.6.